The number of carbonyl (C=O) groups is 1. The molecule has 1 fully saturated rings. The fourth-order valence-electron chi connectivity index (χ4n) is 3.65. The summed E-state index contributed by atoms with van der Waals surface area (Å²) in [5.74, 6) is 0.921. The highest BCUT2D eigenvalue weighted by molar-refractivity contribution is 6.30. The van der Waals surface area contributed by atoms with Gasteiger partial charge in [-0.15, -0.1) is 0 Å². The average molecular weight is 297 g/mol. The summed E-state index contributed by atoms with van der Waals surface area (Å²) in [5, 5.41) is 4.91. The van der Waals surface area contributed by atoms with Crippen molar-refractivity contribution in [3.05, 3.63) is 16.4 Å². The molecule has 0 spiro atoms. The number of carbonyl (C=O) groups excluding carboxylic acids is 1. The summed E-state index contributed by atoms with van der Waals surface area (Å²) < 4.78 is 1.66. The van der Waals surface area contributed by atoms with Crippen molar-refractivity contribution in [3.8, 4) is 0 Å². The summed E-state index contributed by atoms with van der Waals surface area (Å²) >= 11 is 6.26. The number of ketones is 1. The van der Waals surface area contributed by atoms with Gasteiger partial charge in [0.2, 0.25) is 0 Å². The maximum atomic E-state index is 12.9. The molecule has 0 bridgehead atoms. The first-order chi connectivity index (χ1) is 9.35. The van der Waals surface area contributed by atoms with Gasteiger partial charge in [0.25, 0.3) is 0 Å². The Kier molecular flexibility index (Phi) is 4.58. The zero-order valence-electron chi connectivity index (χ0n) is 13.0. The Hall–Kier alpha value is -0.830. The minimum Gasteiger partial charge on any atom is -0.299 e. The van der Waals surface area contributed by atoms with E-state index in [1.165, 1.54) is 12.8 Å². The molecule has 0 N–H and O–H groups in total. The monoisotopic (exact) mass is 296 g/mol. The van der Waals surface area contributed by atoms with Crippen molar-refractivity contribution in [2.24, 2.45) is 18.4 Å². The molecule has 0 unspecified atom stereocenters. The van der Waals surface area contributed by atoms with Crippen molar-refractivity contribution in [1.82, 2.24) is 9.78 Å². The van der Waals surface area contributed by atoms with Gasteiger partial charge in [0.05, 0.1) is 5.69 Å². The smallest absolute Gasteiger partial charge is 0.143 e. The Labute approximate surface area is 126 Å². The van der Waals surface area contributed by atoms with Crippen LogP contribution in [0.2, 0.25) is 5.15 Å². The Morgan fingerprint density at radius 1 is 1.40 bits per heavy atom. The van der Waals surface area contributed by atoms with Crippen LogP contribution in [0.5, 0.6) is 0 Å². The maximum absolute atomic E-state index is 12.9. The first-order valence-corrected chi connectivity index (χ1v) is 7.95. The number of hydrogen-bond donors (Lipinski definition) is 0. The summed E-state index contributed by atoms with van der Waals surface area (Å²) in [4.78, 5) is 12.9. The zero-order valence-corrected chi connectivity index (χ0v) is 13.8. The number of hydrogen-bond acceptors (Lipinski definition) is 2. The van der Waals surface area contributed by atoms with Gasteiger partial charge in [-0.2, -0.15) is 5.10 Å². The average Bonchev–Trinajstić information content (AvgIpc) is 2.90. The first-order valence-electron chi connectivity index (χ1n) is 7.57. The van der Waals surface area contributed by atoms with E-state index in [9.17, 15) is 4.79 Å². The van der Waals surface area contributed by atoms with Gasteiger partial charge in [-0.3, -0.25) is 9.48 Å². The van der Waals surface area contributed by atoms with E-state index in [2.05, 4.69) is 18.9 Å². The van der Waals surface area contributed by atoms with E-state index >= 15 is 0 Å². The number of aromatic nitrogens is 2. The van der Waals surface area contributed by atoms with Gasteiger partial charge in [-0.25, -0.2) is 0 Å². The van der Waals surface area contributed by atoms with Gasteiger partial charge in [-0.1, -0.05) is 38.3 Å². The van der Waals surface area contributed by atoms with Crippen molar-refractivity contribution in [1.29, 1.82) is 0 Å². The summed E-state index contributed by atoms with van der Waals surface area (Å²) in [7, 11) is 1.82. The highest BCUT2D eigenvalue weighted by Gasteiger charge is 2.41. The molecule has 1 heterocycles. The number of Topliss-reactive ketones (excluding diaryl/α,β-unsaturated/α-hetero) is 1. The van der Waals surface area contributed by atoms with E-state index in [-0.39, 0.29) is 5.41 Å². The molecule has 4 heteroatoms. The van der Waals surface area contributed by atoms with E-state index < -0.39 is 0 Å². The Balaban J connectivity index is 2.21. The van der Waals surface area contributed by atoms with E-state index in [0.29, 0.717) is 23.3 Å². The van der Waals surface area contributed by atoms with Crippen LogP contribution < -0.4 is 0 Å². The van der Waals surface area contributed by atoms with E-state index in [1.54, 1.807) is 4.68 Å². The normalized spacial score (nSPS) is 17.9. The molecular weight excluding hydrogens is 272 g/mol. The van der Waals surface area contributed by atoms with Crippen molar-refractivity contribution < 1.29 is 4.79 Å². The molecule has 1 aromatic heterocycles. The van der Waals surface area contributed by atoms with Crippen LogP contribution in [-0.2, 0) is 18.3 Å². The molecule has 3 nitrogen and oxygen atoms in total. The molecule has 2 rings (SSSR count). The zero-order chi connectivity index (χ0) is 14.9. The third-order valence-corrected chi connectivity index (χ3v) is 5.03. The molecule has 0 saturated heterocycles. The van der Waals surface area contributed by atoms with Crippen LogP contribution in [0.25, 0.3) is 0 Å². The van der Waals surface area contributed by atoms with Crippen molar-refractivity contribution in [2.45, 2.75) is 59.3 Å². The molecule has 112 valence electrons. The minimum absolute atomic E-state index is 0.111. The summed E-state index contributed by atoms with van der Waals surface area (Å²) in [6.45, 7) is 6.34. The second kappa shape index (κ2) is 5.88. The lowest BCUT2D eigenvalue weighted by Crippen LogP contribution is -2.31. The summed E-state index contributed by atoms with van der Waals surface area (Å²) in [6.07, 6.45) is 5.88. The molecule has 1 aromatic rings. The lowest BCUT2D eigenvalue weighted by atomic mass is 9.73. The number of aryl methyl sites for hydroxylation is 2. The molecule has 20 heavy (non-hydrogen) atoms. The minimum atomic E-state index is -0.111. The fraction of sp³-hybridized carbons (Fsp3) is 0.750. The predicted molar refractivity (Wildman–Crippen MR) is 82.0 cm³/mol. The Morgan fingerprint density at radius 2 is 2.00 bits per heavy atom. The van der Waals surface area contributed by atoms with Crippen LogP contribution in [0.3, 0.4) is 0 Å². The van der Waals surface area contributed by atoms with Crippen LogP contribution in [0.1, 0.15) is 57.2 Å². The Morgan fingerprint density at radius 3 is 2.45 bits per heavy atom. The molecule has 1 aliphatic rings. The van der Waals surface area contributed by atoms with Crippen LogP contribution in [0.4, 0.5) is 0 Å². The topological polar surface area (TPSA) is 34.9 Å². The van der Waals surface area contributed by atoms with Crippen molar-refractivity contribution in [3.63, 3.8) is 0 Å². The molecule has 1 aliphatic carbocycles. The predicted octanol–water partition coefficient (Wildman–Crippen LogP) is 4.10. The van der Waals surface area contributed by atoms with Gasteiger partial charge in [0.15, 0.2) is 0 Å². The number of nitrogens with zero attached hydrogens (tertiary/aromatic N) is 2. The van der Waals surface area contributed by atoms with Crippen molar-refractivity contribution in [2.75, 3.05) is 0 Å². The second-order valence-corrected chi connectivity index (χ2v) is 7.02. The fourth-order valence-corrected chi connectivity index (χ4v) is 3.89. The van der Waals surface area contributed by atoms with Gasteiger partial charge in [-0.05, 0) is 32.1 Å². The highest BCUT2D eigenvalue weighted by Crippen LogP contribution is 2.45. The third kappa shape index (κ3) is 2.93. The standard InChI is InChI=1S/C16H25ClN2O/c1-11(2)10-16(7-5-6-8-16)14(20)9-13-12(3)18-19(4)15(13)17/h11H,5-10H2,1-4H3. The molecule has 0 aromatic carbocycles. The van der Waals surface area contributed by atoms with E-state index in [0.717, 1.165) is 30.5 Å². The third-order valence-electron chi connectivity index (χ3n) is 4.56. The molecule has 0 aliphatic heterocycles. The second-order valence-electron chi connectivity index (χ2n) is 6.66. The quantitative estimate of drug-likeness (QED) is 0.820. The lowest BCUT2D eigenvalue weighted by Gasteiger charge is -2.29. The molecule has 1 saturated carbocycles. The lowest BCUT2D eigenvalue weighted by molar-refractivity contribution is -0.128. The van der Waals surface area contributed by atoms with Crippen molar-refractivity contribution >= 4 is 17.4 Å². The molecule has 0 amide bonds. The van der Waals surface area contributed by atoms with Gasteiger partial charge in [0.1, 0.15) is 10.9 Å². The first kappa shape index (κ1) is 15.6. The van der Waals surface area contributed by atoms with Crippen LogP contribution in [0, 0.1) is 18.3 Å². The summed E-state index contributed by atoms with van der Waals surface area (Å²) in [6, 6.07) is 0. The van der Waals surface area contributed by atoms with Gasteiger partial charge < -0.3 is 0 Å². The van der Waals surface area contributed by atoms with Crippen LogP contribution >= 0.6 is 11.6 Å². The van der Waals surface area contributed by atoms with Crippen LogP contribution in [0.15, 0.2) is 0 Å². The SMILES string of the molecule is Cc1nn(C)c(Cl)c1CC(=O)C1(CC(C)C)CCCC1. The summed E-state index contributed by atoms with van der Waals surface area (Å²) in [5.41, 5.74) is 1.68. The van der Waals surface area contributed by atoms with E-state index in [4.69, 9.17) is 11.6 Å². The largest absolute Gasteiger partial charge is 0.299 e. The molecule has 0 radical (unpaired) electrons. The molecular formula is C16H25ClN2O. The molecule has 0 atom stereocenters. The number of rotatable bonds is 5. The van der Waals surface area contributed by atoms with E-state index in [1.807, 2.05) is 14.0 Å². The highest BCUT2D eigenvalue weighted by atomic mass is 35.5. The maximum Gasteiger partial charge on any atom is 0.143 e. The Bertz CT molecular complexity index is 499. The van der Waals surface area contributed by atoms with Crippen LogP contribution in [-0.4, -0.2) is 15.6 Å². The number of halogens is 1. The van der Waals surface area contributed by atoms with Gasteiger partial charge >= 0.3 is 0 Å². The van der Waals surface area contributed by atoms with Gasteiger partial charge in [0, 0.05) is 24.4 Å².